The maximum Gasteiger partial charge on any atom is 0.137 e. The molecule has 0 saturated heterocycles. The molecule has 80 valence electrons. The summed E-state index contributed by atoms with van der Waals surface area (Å²) in [6, 6.07) is 6.56. The zero-order valence-electron chi connectivity index (χ0n) is 9.71. The Kier molecular flexibility index (Phi) is 2.64. The van der Waals surface area contributed by atoms with Crippen molar-refractivity contribution in [2.45, 2.75) is 39.5 Å². The number of hydrogen-bond acceptors (Lipinski definition) is 1. The molecule has 2 unspecified atom stereocenters. The van der Waals surface area contributed by atoms with Crippen molar-refractivity contribution in [3.63, 3.8) is 0 Å². The Morgan fingerprint density at radius 3 is 2.60 bits per heavy atom. The molecule has 1 aliphatic rings. The zero-order valence-corrected chi connectivity index (χ0v) is 9.71. The molecule has 2 rings (SSSR count). The number of rotatable bonds is 2. The van der Waals surface area contributed by atoms with Gasteiger partial charge in [0.2, 0.25) is 0 Å². The van der Waals surface area contributed by atoms with E-state index in [1.807, 2.05) is 0 Å². The van der Waals surface area contributed by atoms with E-state index in [0.717, 1.165) is 12.8 Å². The Bertz CT molecular complexity index is 392. The van der Waals surface area contributed by atoms with Gasteiger partial charge in [-0.05, 0) is 31.4 Å². The number of hydrogen-bond donors (Lipinski definition) is 0. The molecule has 0 spiro atoms. The molecule has 1 aromatic rings. The molecular formula is C14H18O. The fourth-order valence-electron chi connectivity index (χ4n) is 2.65. The van der Waals surface area contributed by atoms with Crippen LogP contribution in [0.25, 0.3) is 0 Å². The number of benzene rings is 1. The summed E-state index contributed by atoms with van der Waals surface area (Å²) in [5.74, 6) is 1.22. The summed E-state index contributed by atoms with van der Waals surface area (Å²) in [5.41, 5.74) is 4.02. The lowest BCUT2D eigenvalue weighted by Crippen LogP contribution is -2.35. The van der Waals surface area contributed by atoms with Crippen LogP contribution in [0.2, 0.25) is 0 Å². The van der Waals surface area contributed by atoms with Crippen molar-refractivity contribution in [2.75, 3.05) is 0 Å². The van der Waals surface area contributed by atoms with Crippen molar-refractivity contribution in [3.05, 3.63) is 34.9 Å². The summed E-state index contributed by atoms with van der Waals surface area (Å²) >= 11 is 0. The van der Waals surface area contributed by atoms with E-state index in [1.165, 1.54) is 16.7 Å². The predicted octanol–water partition coefficient (Wildman–Crippen LogP) is 3.39. The van der Waals surface area contributed by atoms with Crippen LogP contribution < -0.4 is 0 Å². The van der Waals surface area contributed by atoms with Crippen LogP contribution in [0.1, 0.15) is 42.4 Å². The summed E-state index contributed by atoms with van der Waals surface area (Å²) < 4.78 is 0. The van der Waals surface area contributed by atoms with Gasteiger partial charge in [0, 0.05) is 18.3 Å². The quantitative estimate of drug-likeness (QED) is 0.718. The van der Waals surface area contributed by atoms with Crippen molar-refractivity contribution >= 4 is 5.78 Å². The van der Waals surface area contributed by atoms with Gasteiger partial charge in [-0.25, -0.2) is 0 Å². The van der Waals surface area contributed by atoms with Gasteiger partial charge in [-0.15, -0.1) is 0 Å². The Morgan fingerprint density at radius 1 is 1.33 bits per heavy atom. The summed E-state index contributed by atoms with van der Waals surface area (Å²) in [6.07, 6.45) is 1.74. The van der Waals surface area contributed by atoms with Crippen LogP contribution in [0.3, 0.4) is 0 Å². The summed E-state index contributed by atoms with van der Waals surface area (Å²) in [4.78, 5) is 11.4. The minimum absolute atomic E-state index is 0.284. The first-order chi connectivity index (χ1) is 7.13. The second kappa shape index (κ2) is 3.80. The molecule has 0 aromatic heterocycles. The van der Waals surface area contributed by atoms with Gasteiger partial charge in [0.1, 0.15) is 5.78 Å². The van der Waals surface area contributed by atoms with E-state index in [1.54, 1.807) is 0 Å². The van der Waals surface area contributed by atoms with Crippen LogP contribution in [-0.2, 0) is 4.79 Å². The third-order valence-electron chi connectivity index (χ3n) is 3.58. The molecule has 1 saturated carbocycles. The summed E-state index contributed by atoms with van der Waals surface area (Å²) in [7, 11) is 0. The Hall–Kier alpha value is -1.11. The van der Waals surface area contributed by atoms with Crippen LogP contribution in [0.5, 0.6) is 0 Å². The minimum atomic E-state index is 0.284. The normalized spacial score (nSPS) is 25.1. The standard InChI is InChI=1S/C14H18O/c1-4-11-13(8-14(11)15)12-6-5-9(2)7-10(12)3/h5-7,11,13H,4,8H2,1-3H3. The van der Waals surface area contributed by atoms with Gasteiger partial charge in [0.25, 0.3) is 0 Å². The van der Waals surface area contributed by atoms with Crippen LogP contribution in [0.4, 0.5) is 0 Å². The highest BCUT2D eigenvalue weighted by molar-refractivity contribution is 5.89. The molecule has 15 heavy (non-hydrogen) atoms. The maximum absolute atomic E-state index is 11.4. The zero-order chi connectivity index (χ0) is 11.0. The van der Waals surface area contributed by atoms with Crippen molar-refractivity contribution < 1.29 is 4.79 Å². The Labute approximate surface area is 91.5 Å². The lowest BCUT2D eigenvalue weighted by atomic mass is 9.67. The van der Waals surface area contributed by atoms with Crippen LogP contribution in [0.15, 0.2) is 18.2 Å². The van der Waals surface area contributed by atoms with Crippen molar-refractivity contribution in [3.8, 4) is 0 Å². The number of carbonyl (C=O) groups excluding carboxylic acids is 1. The average Bonchev–Trinajstić information content (AvgIpc) is 2.16. The van der Waals surface area contributed by atoms with Gasteiger partial charge in [-0.2, -0.15) is 0 Å². The largest absolute Gasteiger partial charge is 0.299 e. The van der Waals surface area contributed by atoms with Gasteiger partial charge in [0.05, 0.1) is 0 Å². The fourth-order valence-corrected chi connectivity index (χ4v) is 2.65. The molecule has 0 heterocycles. The number of aryl methyl sites for hydroxylation is 2. The van der Waals surface area contributed by atoms with E-state index >= 15 is 0 Å². The van der Waals surface area contributed by atoms with Gasteiger partial charge in [-0.1, -0.05) is 30.7 Å². The molecule has 0 bridgehead atoms. The molecule has 0 amide bonds. The van der Waals surface area contributed by atoms with Crippen LogP contribution in [0, 0.1) is 19.8 Å². The van der Waals surface area contributed by atoms with E-state index in [-0.39, 0.29) is 5.92 Å². The van der Waals surface area contributed by atoms with Crippen LogP contribution >= 0.6 is 0 Å². The molecule has 1 aliphatic carbocycles. The number of ketones is 1. The van der Waals surface area contributed by atoms with E-state index in [2.05, 4.69) is 39.0 Å². The van der Waals surface area contributed by atoms with Gasteiger partial charge in [0.15, 0.2) is 0 Å². The number of carbonyl (C=O) groups is 1. The highest BCUT2D eigenvalue weighted by Gasteiger charge is 2.39. The van der Waals surface area contributed by atoms with Crippen molar-refractivity contribution in [1.82, 2.24) is 0 Å². The molecule has 2 atom stereocenters. The maximum atomic E-state index is 11.4. The molecule has 1 heteroatoms. The van der Waals surface area contributed by atoms with E-state index in [4.69, 9.17) is 0 Å². The van der Waals surface area contributed by atoms with Crippen molar-refractivity contribution in [2.24, 2.45) is 5.92 Å². The third-order valence-corrected chi connectivity index (χ3v) is 3.58. The smallest absolute Gasteiger partial charge is 0.137 e. The highest BCUT2D eigenvalue weighted by atomic mass is 16.1. The Morgan fingerprint density at radius 2 is 2.07 bits per heavy atom. The van der Waals surface area contributed by atoms with E-state index < -0.39 is 0 Å². The van der Waals surface area contributed by atoms with Gasteiger partial charge in [-0.3, -0.25) is 4.79 Å². The topological polar surface area (TPSA) is 17.1 Å². The summed E-state index contributed by atoms with van der Waals surface area (Å²) in [5, 5.41) is 0. The fraction of sp³-hybridized carbons (Fsp3) is 0.500. The SMILES string of the molecule is CCC1C(=O)CC1c1ccc(C)cc1C. The highest BCUT2D eigenvalue weighted by Crippen LogP contribution is 2.42. The monoisotopic (exact) mass is 202 g/mol. The first-order valence-corrected chi connectivity index (χ1v) is 5.73. The lowest BCUT2D eigenvalue weighted by Gasteiger charge is -2.35. The third kappa shape index (κ3) is 1.71. The predicted molar refractivity (Wildman–Crippen MR) is 62.1 cm³/mol. The summed E-state index contributed by atoms with van der Waals surface area (Å²) in [6.45, 7) is 6.37. The second-order valence-corrected chi connectivity index (χ2v) is 4.65. The van der Waals surface area contributed by atoms with Gasteiger partial charge < -0.3 is 0 Å². The van der Waals surface area contributed by atoms with E-state index in [9.17, 15) is 4.79 Å². The van der Waals surface area contributed by atoms with Crippen LogP contribution in [-0.4, -0.2) is 5.78 Å². The first kappa shape index (κ1) is 10.4. The molecule has 0 N–H and O–H groups in total. The second-order valence-electron chi connectivity index (χ2n) is 4.65. The molecule has 1 fully saturated rings. The first-order valence-electron chi connectivity index (χ1n) is 5.73. The average molecular weight is 202 g/mol. The molecule has 1 nitrogen and oxygen atoms in total. The Balaban J connectivity index is 2.27. The molecular weight excluding hydrogens is 184 g/mol. The molecule has 0 aliphatic heterocycles. The van der Waals surface area contributed by atoms with E-state index in [0.29, 0.717) is 11.7 Å². The van der Waals surface area contributed by atoms with Gasteiger partial charge >= 0.3 is 0 Å². The minimum Gasteiger partial charge on any atom is -0.299 e. The number of Topliss-reactive ketones (excluding diaryl/α,β-unsaturated/α-hetero) is 1. The molecule has 0 radical (unpaired) electrons. The molecule has 1 aromatic carbocycles. The van der Waals surface area contributed by atoms with Crippen molar-refractivity contribution in [1.29, 1.82) is 0 Å². The lowest BCUT2D eigenvalue weighted by molar-refractivity contribution is -0.131.